The highest BCUT2D eigenvalue weighted by atomic mass is 127. The Labute approximate surface area is 196 Å². The lowest BCUT2D eigenvalue weighted by molar-refractivity contribution is -0.153. The molecule has 1 aliphatic rings. The van der Waals surface area contributed by atoms with Gasteiger partial charge < -0.3 is 24.8 Å². The second kappa shape index (κ2) is 12.2. The Morgan fingerprint density at radius 2 is 1.83 bits per heavy atom. The second-order valence-electron chi connectivity index (χ2n) is 8.10. The lowest BCUT2D eigenvalue weighted by Crippen LogP contribution is -2.46. The maximum atomic E-state index is 11.9. The van der Waals surface area contributed by atoms with E-state index in [2.05, 4.69) is 20.5 Å². The Kier molecular flexibility index (Phi) is 10.7. The van der Waals surface area contributed by atoms with Crippen LogP contribution in [0.3, 0.4) is 0 Å². The normalized spacial score (nSPS) is 17.1. The number of carbonyl (C=O) groups is 1. The van der Waals surface area contributed by atoms with Crippen LogP contribution in [0, 0.1) is 0 Å². The molecule has 0 aliphatic carbocycles. The first kappa shape index (κ1) is 26.3. The van der Waals surface area contributed by atoms with Gasteiger partial charge in [0.15, 0.2) is 5.96 Å². The van der Waals surface area contributed by atoms with Gasteiger partial charge in [-0.25, -0.2) is 0 Å². The highest BCUT2D eigenvalue weighted by Gasteiger charge is 2.24. The Balaban J connectivity index is 0.00000450. The summed E-state index contributed by atoms with van der Waals surface area (Å²) in [6.45, 7) is 8.30. The van der Waals surface area contributed by atoms with Crippen molar-refractivity contribution in [2.75, 3.05) is 40.9 Å². The number of guanidine groups is 1. The van der Waals surface area contributed by atoms with Crippen molar-refractivity contribution in [1.82, 2.24) is 15.5 Å². The number of nitrogens with zero attached hydrogens (tertiary/aromatic N) is 2. The summed E-state index contributed by atoms with van der Waals surface area (Å²) in [7, 11) is 5.01. The van der Waals surface area contributed by atoms with Crippen LogP contribution in [0.5, 0.6) is 11.5 Å². The van der Waals surface area contributed by atoms with Gasteiger partial charge in [-0.1, -0.05) is 0 Å². The highest BCUT2D eigenvalue weighted by molar-refractivity contribution is 14.0. The van der Waals surface area contributed by atoms with Crippen LogP contribution in [0.2, 0.25) is 0 Å². The number of likely N-dealkylation sites (tertiary alicyclic amines) is 1. The molecule has 170 valence electrons. The SMILES string of the molecule is CN=C(NCC(=O)OC(C)(C)C)NC1CCN(Cc2cc(OC)cc(OC)c2)C1.I. The molecule has 0 radical (unpaired) electrons. The third-order valence-electron chi connectivity index (χ3n) is 4.47. The molecule has 2 N–H and O–H groups in total. The molecule has 8 nitrogen and oxygen atoms in total. The van der Waals surface area contributed by atoms with Gasteiger partial charge in [0.25, 0.3) is 0 Å². The lowest BCUT2D eigenvalue weighted by Gasteiger charge is -2.21. The van der Waals surface area contributed by atoms with Crippen molar-refractivity contribution in [3.63, 3.8) is 0 Å². The molecule has 0 aromatic heterocycles. The summed E-state index contributed by atoms with van der Waals surface area (Å²) < 4.78 is 16.0. The topological polar surface area (TPSA) is 84.4 Å². The Morgan fingerprint density at radius 3 is 2.37 bits per heavy atom. The van der Waals surface area contributed by atoms with E-state index in [0.29, 0.717) is 5.96 Å². The predicted molar refractivity (Wildman–Crippen MR) is 129 cm³/mol. The lowest BCUT2D eigenvalue weighted by atomic mass is 10.2. The monoisotopic (exact) mass is 534 g/mol. The first-order valence-corrected chi connectivity index (χ1v) is 9.85. The molecule has 0 saturated carbocycles. The van der Waals surface area contributed by atoms with E-state index in [1.165, 1.54) is 0 Å². The molecule has 0 amide bonds. The van der Waals surface area contributed by atoms with Gasteiger partial charge >= 0.3 is 5.97 Å². The van der Waals surface area contributed by atoms with Crippen LogP contribution in [0.15, 0.2) is 23.2 Å². The summed E-state index contributed by atoms with van der Waals surface area (Å²) in [6.07, 6.45) is 0.994. The first-order chi connectivity index (χ1) is 13.7. The number of esters is 1. The molecule has 9 heteroatoms. The van der Waals surface area contributed by atoms with Crippen molar-refractivity contribution in [3.8, 4) is 11.5 Å². The standard InChI is InChI=1S/C21H34N4O4.HI/c1-21(2,3)29-19(26)12-23-20(22-4)24-16-7-8-25(14-16)13-15-9-17(27-5)11-18(10-15)28-6;/h9-11,16H,7-8,12-14H2,1-6H3,(H2,22,23,24);1H. The van der Waals surface area contributed by atoms with Gasteiger partial charge in [0, 0.05) is 38.8 Å². The molecule has 1 saturated heterocycles. The van der Waals surface area contributed by atoms with E-state index in [9.17, 15) is 4.79 Å². The summed E-state index contributed by atoms with van der Waals surface area (Å²) in [6, 6.07) is 6.19. The van der Waals surface area contributed by atoms with Crippen LogP contribution in [0.25, 0.3) is 0 Å². The number of hydrogen-bond donors (Lipinski definition) is 2. The number of ether oxygens (including phenoxy) is 3. The van der Waals surface area contributed by atoms with Gasteiger partial charge in [0.1, 0.15) is 23.6 Å². The molecule has 0 bridgehead atoms. The number of benzene rings is 1. The Bertz CT molecular complexity index is 699. The smallest absolute Gasteiger partial charge is 0.325 e. The van der Waals surface area contributed by atoms with Crippen molar-refractivity contribution >= 4 is 35.9 Å². The zero-order chi connectivity index (χ0) is 21.4. The van der Waals surface area contributed by atoms with E-state index < -0.39 is 5.60 Å². The fourth-order valence-corrected chi connectivity index (χ4v) is 3.23. The number of nitrogens with one attached hydrogen (secondary N) is 2. The van der Waals surface area contributed by atoms with Crippen molar-refractivity contribution in [1.29, 1.82) is 0 Å². The zero-order valence-electron chi connectivity index (χ0n) is 18.8. The summed E-state index contributed by atoms with van der Waals surface area (Å²) in [5.74, 6) is 1.88. The van der Waals surface area contributed by atoms with E-state index in [-0.39, 0.29) is 42.5 Å². The van der Waals surface area contributed by atoms with Gasteiger partial charge in [-0.2, -0.15) is 0 Å². The average molecular weight is 534 g/mol. The molecule has 1 heterocycles. The molecule has 1 atom stereocenters. The number of methoxy groups -OCH3 is 2. The van der Waals surface area contributed by atoms with Crippen molar-refractivity contribution in [2.24, 2.45) is 4.99 Å². The van der Waals surface area contributed by atoms with Gasteiger partial charge in [-0.15, -0.1) is 24.0 Å². The minimum atomic E-state index is -0.496. The molecule has 2 rings (SSSR count). The largest absolute Gasteiger partial charge is 0.497 e. The minimum absolute atomic E-state index is 0. The summed E-state index contributed by atoms with van der Waals surface area (Å²) in [5, 5.41) is 6.41. The minimum Gasteiger partial charge on any atom is -0.497 e. The average Bonchev–Trinajstić information content (AvgIpc) is 3.10. The number of aliphatic imine (C=N–C) groups is 1. The van der Waals surface area contributed by atoms with Gasteiger partial charge in [-0.05, 0) is 44.9 Å². The quantitative estimate of drug-likeness (QED) is 0.241. The van der Waals surface area contributed by atoms with E-state index in [0.717, 1.165) is 43.1 Å². The van der Waals surface area contributed by atoms with Crippen molar-refractivity contribution < 1.29 is 19.0 Å². The molecule has 1 fully saturated rings. The van der Waals surface area contributed by atoms with Gasteiger partial charge in [0.2, 0.25) is 0 Å². The molecule has 30 heavy (non-hydrogen) atoms. The van der Waals surface area contributed by atoms with Crippen LogP contribution < -0.4 is 20.1 Å². The van der Waals surface area contributed by atoms with Crippen LogP contribution in [-0.2, 0) is 16.1 Å². The maximum absolute atomic E-state index is 11.9. The molecule has 1 aromatic rings. The zero-order valence-corrected chi connectivity index (χ0v) is 21.1. The van der Waals surface area contributed by atoms with Crippen molar-refractivity contribution in [2.45, 2.75) is 45.4 Å². The fraction of sp³-hybridized carbons (Fsp3) is 0.619. The third-order valence-corrected chi connectivity index (χ3v) is 4.47. The van der Waals surface area contributed by atoms with E-state index in [1.807, 2.05) is 39.0 Å². The molecule has 0 spiro atoms. The molecule has 1 aliphatic heterocycles. The summed E-state index contributed by atoms with van der Waals surface area (Å²) in [5.41, 5.74) is 0.652. The number of hydrogen-bond acceptors (Lipinski definition) is 6. The van der Waals surface area contributed by atoms with Gasteiger partial charge in [0.05, 0.1) is 14.2 Å². The number of carbonyl (C=O) groups excluding carboxylic acids is 1. The fourth-order valence-electron chi connectivity index (χ4n) is 3.23. The Morgan fingerprint density at radius 1 is 1.20 bits per heavy atom. The summed E-state index contributed by atoms with van der Waals surface area (Å²) in [4.78, 5) is 18.5. The van der Waals surface area contributed by atoms with E-state index in [1.54, 1.807) is 21.3 Å². The van der Waals surface area contributed by atoms with Gasteiger partial charge in [-0.3, -0.25) is 14.7 Å². The van der Waals surface area contributed by atoms with E-state index in [4.69, 9.17) is 14.2 Å². The molecular formula is C21H35IN4O4. The predicted octanol–water partition coefficient (Wildman–Crippen LogP) is 2.40. The van der Waals surface area contributed by atoms with Crippen molar-refractivity contribution in [3.05, 3.63) is 23.8 Å². The molecule has 1 unspecified atom stereocenters. The van der Waals surface area contributed by atoms with Crippen LogP contribution >= 0.6 is 24.0 Å². The van der Waals surface area contributed by atoms with Crippen LogP contribution in [-0.4, -0.2) is 69.4 Å². The first-order valence-electron chi connectivity index (χ1n) is 9.85. The number of halogens is 1. The maximum Gasteiger partial charge on any atom is 0.325 e. The third kappa shape index (κ3) is 8.95. The summed E-state index contributed by atoms with van der Waals surface area (Å²) >= 11 is 0. The highest BCUT2D eigenvalue weighted by Crippen LogP contribution is 2.24. The van der Waals surface area contributed by atoms with E-state index >= 15 is 0 Å². The van der Waals surface area contributed by atoms with Crippen LogP contribution in [0.4, 0.5) is 0 Å². The Hall–Kier alpha value is -1.75. The molecular weight excluding hydrogens is 499 g/mol. The second-order valence-corrected chi connectivity index (χ2v) is 8.10. The molecule has 1 aromatic carbocycles. The number of rotatable bonds is 7. The van der Waals surface area contributed by atoms with Crippen LogP contribution in [0.1, 0.15) is 32.8 Å².